The van der Waals surface area contributed by atoms with Gasteiger partial charge in [-0.3, -0.25) is 9.59 Å². The minimum Gasteiger partial charge on any atom is -0.382 e. The molecule has 0 aliphatic rings. The van der Waals surface area contributed by atoms with Gasteiger partial charge in [0.2, 0.25) is 0 Å². The summed E-state index contributed by atoms with van der Waals surface area (Å²) in [6, 6.07) is 8.46. The van der Waals surface area contributed by atoms with E-state index in [0.29, 0.717) is 10.7 Å². The van der Waals surface area contributed by atoms with Crippen molar-refractivity contribution in [2.75, 3.05) is 5.73 Å². The van der Waals surface area contributed by atoms with Gasteiger partial charge in [-0.05, 0) is 23.8 Å². The molecule has 0 amide bonds. The molecule has 3 rings (SSSR count). The fourth-order valence-corrected chi connectivity index (χ4v) is 2.13. The van der Waals surface area contributed by atoms with Crippen molar-refractivity contribution < 1.29 is 0 Å². The van der Waals surface area contributed by atoms with Crippen LogP contribution in [0, 0.1) is 0 Å². The van der Waals surface area contributed by atoms with Crippen molar-refractivity contribution in [3.05, 3.63) is 56.1 Å². The zero-order valence-electron chi connectivity index (χ0n) is 10.1. The van der Waals surface area contributed by atoms with E-state index in [1.54, 1.807) is 30.3 Å². The lowest BCUT2D eigenvalue weighted by Gasteiger charge is -2.04. The summed E-state index contributed by atoms with van der Waals surface area (Å²) in [6.45, 7) is 0. The Labute approximate surface area is 117 Å². The van der Waals surface area contributed by atoms with E-state index in [1.165, 1.54) is 0 Å². The molecule has 0 saturated heterocycles. The van der Waals surface area contributed by atoms with Crippen molar-refractivity contribution in [1.29, 1.82) is 0 Å². The topological polar surface area (TPSA) is 105 Å². The smallest absolute Gasteiger partial charge is 0.272 e. The lowest BCUT2D eigenvalue weighted by molar-refractivity contribution is 1.02. The fourth-order valence-electron chi connectivity index (χ4n) is 2.01. The number of hydrogen-bond donors (Lipinski definition) is 3. The molecule has 0 saturated carbocycles. The van der Waals surface area contributed by atoms with Crippen LogP contribution in [-0.4, -0.2) is 15.2 Å². The van der Waals surface area contributed by atoms with Gasteiger partial charge in [0.1, 0.15) is 0 Å². The second-order valence-corrected chi connectivity index (χ2v) is 4.68. The molecule has 0 aliphatic heterocycles. The fraction of sp³-hybridized carbons (Fsp3) is 0. The number of anilines is 1. The highest BCUT2D eigenvalue weighted by atomic mass is 35.5. The summed E-state index contributed by atoms with van der Waals surface area (Å²) in [5.41, 5.74) is 5.95. The number of nitrogens with zero attached hydrogens (tertiary/aromatic N) is 1. The highest BCUT2D eigenvalue weighted by molar-refractivity contribution is 6.30. The molecule has 0 radical (unpaired) electrons. The molecule has 3 aromatic rings. The van der Waals surface area contributed by atoms with E-state index in [0.717, 1.165) is 5.56 Å². The number of hydrogen-bond acceptors (Lipinski definition) is 4. The third-order valence-electron chi connectivity index (χ3n) is 2.97. The molecule has 2 aromatic heterocycles. The van der Waals surface area contributed by atoms with Gasteiger partial charge in [-0.2, -0.15) is 5.10 Å². The number of halogens is 1. The number of fused-ring (bicyclic) bond motifs is 1. The number of aromatic amines is 2. The summed E-state index contributed by atoms with van der Waals surface area (Å²) in [5.74, 6) is -0.0106. The third kappa shape index (κ3) is 1.96. The molecular weight excluding hydrogens is 280 g/mol. The first-order chi connectivity index (χ1) is 9.56. The highest BCUT2D eigenvalue weighted by Crippen LogP contribution is 2.21. The van der Waals surface area contributed by atoms with Crippen molar-refractivity contribution in [3.63, 3.8) is 0 Å². The van der Waals surface area contributed by atoms with Gasteiger partial charge >= 0.3 is 0 Å². The van der Waals surface area contributed by atoms with Crippen LogP contribution in [0.5, 0.6) is 0 Å². The van der Waals surface area contributed by atoms with Crippen LogP contribution in [0.1, 0.15) is 0 Å². The molecule has 6 nitrogen and oxygen atoms in total. The maximum absolute atomic E-state index is 12.1. The number of nitrogens with one attached hydrogen (secondary N) is 2. The summed E-state index contributed by atoms with van der Waals surface area (Å²) in [4.78, 5) is 26.5. The van der Waals surface area contributed by atoms with E-state index in [-0.39, 0.29) is 16.6 Å². The molecule has 2 heterocycles. The van der Waals surface area contributed by atoms with Gasteiger partial charge in [0, 0.05) is 10.7 Å². The second-order valence-electron chi connectivity index (χ2n) is 4.25. The molecule has 1 aromatic carbocycles. The number of rotatable bonds is 1. The largest absolute Gasteiger partial charge is 0.382 e. The Morgan fingerprint density at radius 2 is 1.80 bits per heavy atom. The highest BCUT2D eigenvalue weighted by Gasteiger charge is 2.10. The van der Waals surface area contributed by atoms with Crippen molar-refractivity contribution >= 4 is 28.2 Å². The molecule has 0 fully saturated rings. The molecule has 20 heavy (non-hydrogen) atoms. The lowest BCUT2D eigenvalue weighted by Crippen LogP contribution is -2.18. The van der Waals surface area contributed by atoms with Crippen LogP contribution in [0.3, 0.4) is 0 Å². The van der Waals surface area contributed by atoms with Crippen LogP contribution >= 0.6 is 11.6 Å². The predicted molar refractivity (Wildman–Crippen MR) is 77.8 cm³/mol. The Balaban J connectivity index is 2.35. The average Bonchev–Trinajstić information content (AvgIpc) is 2.43. The van der Waals surface area contributed by atoms with Crippen molar-refractivity contribution in [2.24, 2.45) is 0 Å². The zero-order chi connectivity index (χ0) is 14.3. The van der Waals surface area contributed by atoms with Crippen LogP contribution in [0.15, 0.2) is 39.9 Å². The standard InChI is InChI=1S/C13H9ClN4O2/c14-7-3-1-6(2-4-7)9-5-8-10(13(20)16-9)11(15)17-18-12(8)19/h1-5H,(H2,15,17)(H,16,20)(H,18,19). The molecule has 0 spiro atoms. The third-order valence-corrected chi connectivity index (χ3v) is 3.22. The Morgan fingerprint density at radius 3 is 2.50 bits per heavy atom. The maximum Gasteiger partial charge on any atom is 0.272 e. The number of benzene rings is 1. The van der Waals surface area contributed by atoms with Crippen LogP contribution in [0.2, 0.25) is 5.02 Å². The molecule has 0 bridgehead atoms. The van der Waals surface area contributed by atoms with Crippen LogP contribution < -0.4 is 16.9 Å². The van der Waals surface area contributed by atoms with Gasteiger partial charge in [-0.15, -0.1) is 0 Å². The first kappa shape index (κ1) is 12.4. The van der Waals surface area contributed by atoms with Crippen molar-refractivity contribution in [2.45, 2.75) is 0 Å². The number of pyridine rings is 1. The molecule has 0 unspecified atom stereocenters. The van der Waals surface area contributed by atoms with Crippen LogP contribution in [0.4, 0.5) is 5.82 Å². The van der Waals surface area contributed by atoms with Gasteiger partial charge in [0.15, 0.2) is 5.82 Å². The Morgan fingerprint density at radius 1 is 1.10 bits per heavy atom. The Bertz CT molecular complexity index is 912. The lowest BCUT2D eigenvalue weighted by atomic mass is 10.1. The average molecular weight is 289 g/mol. The van der Waals surface area contributed by atoms with Gasteiger partial charge < -0.3 is 10.7 Å². The van der Waals surface area contributed by atoms with Crippen LogP contribution in [0.25, 0.3) is 22.0 Å². The molecule has 100 valence electrons. The second kappa shape index (κ2) is 4.50. The quantitative estimate of drug-likeness (QED) is 0.631. The minimum atomic E-state index is -0.462. The van der Waals surface area contributed by atoms with E-state index in [4.69, 9.17) is 17.3 Å². The first-order valence-corrected chi connectivity index (χ1v) is 6.11. The predicted octanol–water partition coefficient (Wildman–Crippen LogP) is 1.51. The number of nitrogens with two attached hydrogens (primary N) is 1. The van der Waals surface area contributed by atoms with E-state index in [1.807, 2.05) is 0 Å². The summed E-state index contributed by atoms with van der Waals surface area (Å²) in [5, 5.41) is 6.71. The summed E-state index contributed by atoms with van der Waals surface area (Å²) >= 11 is 5.82. The van der Waals surface area contributed by atoms with E-state index in [2.05, 4.69) is 15.2 Å². The molecule has 0 aliphatic carbocycles. The summed E-state index contributed by atoms with van der Waals surface area (Å²) < 4.78 is 0. The number of aromatic nitrogens is 3. The monoisotopic (exact) mass is 288 g/mol. The molecule has 0 atom stereocenters. The summed E-state index contributed by atoms with van der Waals surface area (Å²) in [6.07, 6.45) is 0. The molecule has 7 heteroatoms. The molecule has 4 N–H and O–H groups in total. The Kier molecular flexibility index (Phi) is 2.80. The minimum absolute atomic E-state index is 0.0106. The van der Waals surface area contributed by atoms with Crippen LogP contribution in [-0.2, 0) is 0 Å². The van der Waals surface area contributed by atoms with E-state index < -0.39 is 11.1 Å². The zero-order valence-corrected chi connectivity index (χ0v) is 10.9. The van der Waals surface area contributed by atoms with Crippen molar-refractivity contribution in [3.8, 4) is 11.3 Å². The van der Waals surface area contributed by atoms with Gasteiger partial charge in [0.05, 0.1) is 10.8 Å². The van der Waals surface area contributed by atoms with E-state index in [9.17, 15) is 9.59 Å². The normalized spacial score (nSPS) is 10.8. The molecular formula is C13H9ClN4O2. The number of H-pyrrole nitrogens is 2. The Hall–Kier alpha value is -2.60. The summed E-state index contributed by atoms with van der Waals surface area (Å²) in [7, 11) is 0. The van der Waals surface area contributed by atoms with Crippen molar-refractivity contribution in [1.82, 2.24) is 15.2 Å². The van der Waals surface area contributed by atoms with E-state index >= 15 is 0 Å². The number of nitrogen functional groups attached to an aromatic ring is 1. The van der Waals surface area contributed by atoms with Gasteiger partial charge in [0.25, 0.3) is 11.1 Å². The maximum atomic E-state index is 12.1. The first-order valence-electron chi connectivity index (χ1n) is 5.73. The SMILES string of the molecule is Nc1n[nH]c(=O)c2cc(-c3ccc(Cl)cc3)[nH]c(=O)c12. The van der Waals surface area contributed by atoms with Gasteiger partial charge in [-0.1, -0.05) is 23.7 Å². The van der Waals surface area contributed by atoms with Gasteiger partial charge in [-0.25, -0.2) is 5.10 Å².